The number of likely N-dealkylation sites (N-methyl/N-ethyl adjacent to an activating group) is 1. The SMILES string of the molecule is C=CCn1nc(C(=O)N2CCCCC2)c2c1CCC(N(CC)CC(=C)C)C2. The lowest BCUT2D eigenvalue weighted by molar-refractivity contribution is 0.0715. The van der Waals surface area contributed by atoms with Crippen molar-refractivity contribution in [2.24, 2.45) is 0 Å². The van der Waals surface area contributed by atoms with E-state index in [0.717, 1.165) is 58.3 Å². The molecule has 1 aliphatic carbocycles. The molecule has 5 nitrogen and oxygen atoms in total. The van der Waals surface area contributed by atoms with Crippen molar-refractivity contribution in [1.82, 2.24) is 19.6 Å². The molecule has 0 bridgehead atoms. The van der Waals surface area contributed by atoms with Crippen molar-refractivity contribution in [3.05, 3.63) is 41.8 Å². The molecule has 1 unspecified atom stereocenters. The monoisotopic (exact) mass is 370 g/mol. The molecule has 1 saturated heterocycles. The average Bonchev–Trinajstić information content (AvgIpc) is 3.04. The second kappa shape index (κ2) is 8.87. The van der Waals surface area contributed by atoms with Crippen LogP contribution in [0.25, 0.3) is 0 Å². The van der Waals surface area contributed by atoms with E-state index in [2.05, 4.69) is 31.9 Å². The summed E-state index contributed by atoms with van der Waals surface area (Å²) in [5, 5.41) is 4.76. The number of fused-ring (bicyclic) bond motifs is 1. The van der Waals surface area contributed by atoms with Crippen LogP contribution in [0.3, 0.4) is 0 Å². The van der Waals surface area contributed by atoms with Crippen LogP contribution in [-0.2, 0) is 19.4 Å². The van der Waals surface area contributed by atoms with Crippen LogP contribution < -0.4 is 0 Å². The minimum absolute atomic E-state index is 0.123. The Kier molecular flexibility index (Phi) is 6.53. The van der Waals surface area contributed by atoms with E-state index in [9.17, 15) is 4.79 Å². The van der Waals surface area contributed by atoms with Crippen LogP contribution in [0.1, 0.15) is 61.3 Å². The fourth-order valence-corrected chi connectivity index (χ4v) is 4.52. The van der Waals surface area contributed by atoms with E-state index in [1.54, 1.807) is 0 Å². The first-order valence-corrected chi connectivity index (χ1v) is 10.4. The second-order valence-electron chi connectivity index (χ2n) is 8.01. The van der Waals surface area contributed by atoms with Gasteiger partial charge in [-0.1, -0.05) is 25.2 Å². The Morgan fingerprint density at radius 3 is 2.70 bits per heavy atom. The van der Waals surface area contributed by atoms with Crippen LogP contribution >= 0.6 is 0 Å². The highest BCUT2D eigenvalue weighted by Gasteiger charge is 2.33. The summed E-state index contributed by atoms with van der Waals surface area (Å²) in [4.78, 5) is 17.7. The number of allylic oxidation sites excluding steroid dienone is 1. The number of amides is 1. The van der Waals surface area contributed by atoms with Crippen molar-refractivity contribution in [2.75, 3.05) is 26.2 Å². The van der Waals surface area contributed by atoms with Crippen LogP contribution in [0.4, 0.5) is 0 Å². The van der Waals surface area contributed by atoms with Gasteiger partial charge in [-0.2, -0.15) is 5.10 Å². The highest BCUT2D eigenvalue weighted by atomic mass is 16.2. The summed E-state index contributed by atoms with van der Waals surface area (Å²) < 4.78 is 2.00. The zero-order valence-electron chi connectivity index (χ0n) is 17.0. The molecule has 1 atom stereocenters. The van der Waals surface area contributed by atoms with E-state index in [1.807, 2.05) is 15.7 Å². The van der Waals surface area contributed by atoms with Crippen molar-refractivity contribution in [1.29, 1.82) is 0 Å². The lowest BCUT2D eigenvalue weighted by Crippen LogP contribution is -2.41. The molecule has 1 fully saturated rings. The smallest absolute Gasteiger partial charge is 0.274 e. The van der Waals surface area contributed by atoms with Crippen LogP contribution in [0.5, 0.6) is 0 Å². The summed E-state index contributed by atoms with van der Waals surface area (Å²) in [6, 6.07) is 0.452. The van der Waals surface area contributed by atoms with Crippen molar-refractivity contribution >= 4 is 5.91 Å². The molecule has 2 heterocycles. The number of aromatic nitrogens is 2. The summed E-state index contributed by atoms with van der Waals surface area (Å²) in [5.74, 6) is 0.123. The summed E-state index contributed by atoms with van der Waals surface area (Å²) >= 11 is 0. The van der Waals surface area contributed by atoms with Gasteiger partial charge >= 0.3 is 0 Å². The van der Waals surface area contributed by atoms with E-state index in [0.29, 0.717) is 18.3 Å². The van der Waals surface area contributed by atoms with Gasteiger partial charge in [0.2, 0.25) is 0 Å². The molecule has 1 aliphatic heterocycles. The molecule has 2 aliphatic rings. The molecule has 0 N–H and O–H groups in total. The highest BCUT2D eigenvalue weighted by molar-refractivity contribution is 5.94. The topological polar surface area (TPSA) is 41.4 Å². The number of rotatable bonds is 7. The predicted molar refractivity (Wildman–Crippen MR) is 110 cm³/mol. The van der Waals surface area contributed by atoms with E-state index in [4.69, 9.17) is 5.10 Å². The summed E-state index contributed by atoms with van der Waals surface area (Å²) in [5.41, 5.74) is 4.28. The van der Waals surface area contributed by atoms with Gasteiger partial charge < -0.3 is 4.90 Å². The predicted octanol–water partition coefficient (Wildman–Crippen LogP) is 3.45. The molecule has 5 heteroatoms. The number of carbonyl (C=O) groups is 1. The first-order chi connectivity index (χ1) is 13.0. The third-order valence-electron chi connectivity index (χ3n) is 5.86. The molecule has 148 valence electrons. The normalized spacial score (nSPS) is 19.8. The molecule has 1 aromatic heterocycles. The van der Waals surface area contributed by atoms with E-state index < -0.39 is 0 Å². The van der Waals surface area contributed by atoms with Crippen molar-refractivity contribution in [2.45, 2.75) is 65.0 Å². The van der Waals surface area contributed by atoms with Crippen molar-refractivity contribution in [3.63, 3.8) is 0 Å². The Balaban J connectivity index is 1.88. The summed E-state index contributed by atoms with van der Waals surface area (Å²) in [6.45, 7) is 16.6. The first-order valence-electron chi connectivity index (χ1n) is 10.4. The molecular formula is C22H34N4O. The number of hydrogen-bond donors (Lipinski definition) is 0. The molecule has 27 heavy (non-hydrogen) atoms. The highest BCUT2D eigenvalue weighted by Crippen LogP contribution is 2.29. The van der Waals surface area contributed by atoms with Crippen LogP contribution in [0.2, 0.25) is 0 Å². The standard InChI is InChI=1S/C22H34N4O/c1-5-12-26-20-11-10-18(24(6-2)16-17(3)4)15-19(20)21(23-26)22(27)25-13-8-7-9-14-25/h5,18H,1,3,6-16H2,2,4H3. The van der Waals surface area contributed by atoms with Gasteiger partial charge in [-0.15, -0.1) is 6.58 Å². The van der Waals surface area contributed by atoms with Gasteiger partial charge in [0, 0.05) is 36.9 Å². The number of nitrogens with zero attached hydrogens (tertiary/aromatic N) is 4. The molecule has 0 radical (unpaired) electrons. The minimum atomic E-state index is 0.123. The number of likely N-dealkylation sites (tertiary alicyclic amines) is 1. The number of piperidine rings is 1. The quantitative estimate of drug-likeness (QED) is 0.690. The van der Waals surface area contributed by atoms with Gasteiger partial charge in [0.25, 0.3) is 5.91 Å². The van der Waals surface area contributed by atoms with Crippen LogP contribution in [0.15, 0.2) is 24.8 Å². The third-order valence-corrected chi connectivity index (χ3v) is 5.86. The summed E-state index contributed by atoms with van der Waals surface area (Å²) in [6.07, 6.45) is 8.28. The average molecular weight is 371 g/mol. The Morgan fingerprint density at radius 2 is 2.07 bits per heavy atom. The van der Waals surface area contributed by atoms with Gasteiger partial charge in [0.05, 0.1) is 6.54 Å². The Morgan fingerprint density at radius 1 is 1.33 bits per heavy atom. The summed E-state index contributed by atoms with van der Waals surface area (Å²) in [7, 11) is 0. The van der Waals surface area contributed by atoms with Gasteiger partial charge in [-0.05, 0) is 52.0 Å². The zero-order valence-corrected chi connectivity index (χ0v) is 17.0. The maximum absolute atomic E-state index is 13.2. The van der Waals surface area contributed by atoms with Gasteiger partial charge in [-0.3, -0.25) is 14.4 Å². The van der Waals surface area contributed by atoms with Gasteiger partial charge in [0.15, 0.2) is 5.69 Å². The first kappa shape index (κ1) is 19.9. The van der Waals surface area contributed by atoms with E-state index in [-0.39, 0.29) is 5.91 Å². The van der Waals surface area contributed by atoms with Crippen molar-refractivity contribution < 1.29 is 4.79 Å². The van der Waals surface area contributed by atoms with Gasteiger partial charge in [0.1, 0.15) is 0 Å². The second-order valence-corrected chi connectivity index (χ2v) is 8.01. The number of hydrogen-bond acceptors (Lipinski definition) is 3. The zero-order chi connectivity index (χ0) is 19.4. The fraction of sp³-hybridized carbons (Fsp3) is 0.636. The molecule has 0 aromatic carbocycles. The maximum Gasteiger partial charge on any atom is 0.274 e. The molecular weight excluding hydrogens is 336 g/mol. The van der Waals surface area contributed by atoms with Crippen molar-refractivity contribution in [3.8, 4) is 0 Å². The Hall–Kier alpha value is -1.88. The van der Waals surface area contributed by atoms with Crippen LogP contribution in [-0.4, -0.2) is 57.7 Å². The largest absolute Gasteiger partial charge is 0.337 e. The van der Waals surface area contributed by atoms with E-state index in [1.165, 1.54) is 23.3 Å². The molecule has 0 spiro atoms. The lowest BCUT2D eigenvalue weighted by Gasteiger charge is -2.34. The number of carbonyl (C=O) groups excluding carboxylic acids is 1. The molecule has 0 saturated carbocycles. The molecule has 3 rings (SSSR count). The van der Waals surface area contributed by atoms with E-state index >= 15 is 0 Å². The Bertz CT molecular complexity index is 699. The van der Waals surface area contributed by atoms with Gasteiger partial charge in [-0.25, -0.2) is 0 Å². The van der Waals surface area contributed by atoms with Crippen LogP contribution in [0, 0.1) is 0 Å². The lowest BCUT2D eigenvalue weighted by atomic mass is 9.89. The fourth-order valence-electron chi connectivity index (χ4n) is 4.52. The minimum Gasteiger partial charge on any atom is -0.337 e. The third kappa shape index (κ3) is 4.34. The molecule has 1 amide bonds. The maximum atomic E-state index is 13.2. The molecule has 1 aromatic rings. The Labute approximate surface area is 163 Å².